The summed E-state index contributed by atoms with van der Waals surface area (Å²) in [5.41, 5.74) is 1.17. The molecule has 0 bridgehead atoms. The summed E-state index contributed by atoms with van der Waals surface area (Å²) in [6, 6.07) is 11.9. The lowest BCUT2D eigenvalue weighted by atomic mass is 10.1. The van der Waals surface area contributed by atoms with E-state index in [1.807, 2.05) is 13.8 Å². The third kappa shape index (κ3) is 5.88. The second-order valence-corrected chi connectivity index (χ2v) is 10.5. The Labute approximate surface area is 194 Å². The third-order valence-corrected chi connectivity index (χ3v) is 7.37. The number of nitrogens with zero attached hydrogens (tertiary/aromatic N) is 1. The van der Waals surface area contributed by atoms with E-state index in [2.05, 4.69) is 10.6 Å². The van der Waals surface area contributed by atoms with E-state index >= 15 is 0 Å². The van der Waals surface area contributed by atoms with Crippen molar-refractivity contribution in [2.24, 2.45) is 0 Å². The summed E-state index contributed by atoms with van der Waals surface area (Å²) in [5.74, 6) is -0.492. The van der Waals surface area contributed by atoms with Gasteiger partial charge in [0.15, 0.2) is 0 Å². The van der Waals surface area contributed by atoms with E-state index in [-0.39, 0.29) is 29.3 Å². The van der Waals surface area contributed by atoms with Gasteiger partial charge < -0.3 is 10.6 Å². The number of hydrogen-bond donors (Lipinski definition) is 2. The first-order valence-electron chi connectivity index (χ1n) is 10.6. The molecule has 0 radical (unpaired) electrons. The van der Waals surface area contributed by atoms with Gasteiger partial charge in [0.2, 0.25) is 15.9 Å². The summed E-state index contributed by atoms with van der Waals surface area (Å²) in [5, 5.41) is 6.07. The number of sulfonamides is 1. The zero-order chi connectivity index (χ0) is 23.3. The van der Waals surface area contributed by atoms with Crippen molar-refractivity contribution in [2.75, 3.05) is 6.54 Å². The van der Waals surface area contributed by atoms with E-state index in [4.69, 9.17) is 11.6 Å². The van der Waals surface area contributed by atoms with E-state index in [0.717, 1.165) is 12.8 Å². The van der Waals surface area contributed by atoms with Crippen molar-refractivity contribution in [3.05, 3.63) is 64.7 Å². The first-order chi connectivity index (χ1) is 15.2. The fourth-order valence-electron chi connectivity index (χ4n) is 3.59. The maximum absolute atomic E-state index is 13.5. The summed E-state index contributed by atoms with van der Waals surface area (Å²) in [6.45, 7) is 4.30. The highest BCUT2D eigenvalue weighted by Crippen LogP contribution is 2.26. The predicted octanol–water partition coefficient (Wildman–Crippen LogP) is 3.34. The van der Waals surface area contributed by atoms with Crippen LogP contribution in [-0.2, 0) is 21.4 Å². The molecule has 1 fully saturated rings. The van der Waals surface area contributed by atoms with Crippen LogP contribution < -0.4 is 10.6 Å². The van der Waals surface area contributed by atoms with Crippen molar-refractivity contribution < 1.29 is 18.0 Å². The number of halogens is 1. The number of rotatable bonds is 7. The average Bonchev–Trinajstić information content (AvgIpc) is 2.96. The SMILES string of the molecule is CC(C)NC(=O)c1ccc(CN([C@@H]2CCCCNC2=O)S(=O)(=O)c2ccc(Cl)cc2)cc1. The van der Waals surface area contributed by atoms with Gasteiger partial charge in [0.25, 0.3) is 5.91 Å². The molecule has 2 aromatic carbocycles. The summed E-state index contributed by atoms with van der Waals surface area (Å²) < 4.78 is 28.3. The second-order valence-electron chi connectivity index (χ2n) is 8.13. The molecule has 1 saturated heterocycles. The number of nitrogens with one attached hydrogen (secondary N) is 2. The minimum atomic E-state index is -3.97. The molecule has 1 aliphatic heterocycles. The minimum absolute atomic E-state index is 0.00905. The molecule has 1 atom stereocenters. The van der Waals surface area contributed by atoms with Crippen LogP contribution in [0, 0.1) is 0 Å². The number of carbonyl (C=O) groups is 2. The Balaban J connectivity index is 1.93. The molecule has 0 aliphatic carbocycles. The average molecular weight is 478 g/mol. The van der Waals surface area contributed by atoms with Crippen molar-refractivity contribution >= 4 is 33.4 Å². The Morgan fingerprint density at radius 1 is 1.12 bits per heavy atom. The van der Waals surface area contributed by atoms with E-state index in [1.165, 1.54) is 28.6 Å². The maximum Gasteiger partial charge on any atom is 0.251 e. The van der Waals surface area contributed by atoms with Crippen molar-refractivity contribution in [1.29, 1.82) is 0 Å². The van der Waals surface area contributed by atoms with Crippen LogP contribution in [0.2, 0.25) is 5.02 Å². The predicted molar refractivity (Wildman–Crippen MR) is 124 cm³/mol. The Bertz CT molecular complexity index is 1050. The second kappa shape index (κ2) is 10.5. The molecule has 0 saturated carbocycles. The van der Waals surface area contributed by atoms with Crippen LogP contribution >= 0.6 is 11.6 Å². The van der Waals surface area contributed by atoms with Crippen LogP contribution in [0.4, 0.5) is 0 Å². The lowest BCUT2D eigenvalue weighted by Crippen LogP contribution is -2.48. The fourth-order valence-corrected chi connectivity index (χ4v) is 5.32. The Morgan fingerprint density at radius 2 is 1.78 bits per heavy atom. The molecule has 0 unspecified atom stereocenters. The maximum atomic E-state index is 13.5. The van der Waals surface area contributed by atoms with Gasteiger partial charge in [-0.05, 0) is 75.1 Å². The largest absolute Gasteiger partial charge is 0.355 e. The Hall–Kier alpha value is -2.42. The molecule has 9 heteroatoms. The highest BCUT2D eigenvalue weighted by Gasteiger charge is 2.36. The van der Waals surface area contributed by atoms with E-state index in [0.29, 0.717) is 29.1 Å². The standard InChI is InChI=1S/C23H28ClN3O4S/c1-16(2)26-22(28)18-8-6-17(7-9-18)15-27(21-5-3-4-14-25-23(21)29)32(30,31)20-12-10-19(24)11-13-20/h6-13,16,21H,3-5,14-15H2,1-2H3,(H,25,29)(H,26,28)/t21-/m1/s1. The van der Waals surface area contributed by atoms with Gasteiger partial charge in [-0.15, -0.1) is 0 Å². The van der Waals surface area contributed by atoms with Gasteiger partial charge >= 0.3 is 0 Å². The summed E-state index contributed by atoms with van der Waals surface area (Å²) >= 11 is 5.93. The van der Waals surface area contributed by atoms with Gasteiger partial charge in [0.05, 0.1) is 4.90 Å². The highest BCUT2D eigenvalue weighted by molar-refractivity contribution is 7.89. The van der Waals surface area contributed by atoms with Crippen molar-refractivity contribution in [1.82, 2.24) is 14.9 Å². The highest BCUT2D eigenvalue weighted by atomic mass is 35.5. The van der Waals surface area contributed by atoms with Crippen molar-refractivity contribution in [3.8, 4) is 0 Å². The molecule has 2 aromatic rings. The molecule has 32 heavy (non-hydrogen) atoms. The third-order valence-electron chi connectivity index (χ3n) is 5.25. The van der Waals surface area contributed by atoms with Gasteiger partial charge in [-0.25, -0.2) is 8.42 Å². The van der Waals surface area contributed by atoms with E-state index < -0.39 is 16.1 Å². The Kier molecular flexibility index (Phi) is 7.92. The van der Waals surface area contributed by atoms with Crippen LogP contribution in [-0.4, -0.2) is 43.2 Å². The number of carbonyl (C=O) groups excluding carboxylic acids is 2. The van der Waals surface area contributed by atoms with Crippen LogP contribution in [0.15, 0.2) is 53.4 Å². The molecule has 3 rings (SSSR count). The number of benzene rings is 2. The van der Waals surface area contributed by atoms with Gasteiger partial charge in [0.1, 0.15) is 6.04 Å². The molecule has 1 aliphatic rings. The quantitative estimate of drug-likeness (QED) is 0.639. The van der Waals surface area contributed by atoms with Crippen LogP contribution in [0.1, 0.15) is 49.0 Å². The molecule has 7 nitrogen and oxygen atoms in total. The first-order valence-corrected chi connectivity index (χ1v) is 12.4. The zero-order valence-electron chi connectivity index (χ0n) is 18.2. The summed E-state index contributed by atoms with van der Waals surface area (Å²) in [4.78, 5) is 25.0. The molecular weight excluding hydrogens is 450 g/mol. The molecule has 2 N–H and O–H groups in total. The molecule has 172 valence electrons. The molecule has 0 aromatic heterocycles. The van der Waals surface area contributed by atoms with E-state index in [1.54, 1.807) is 24.3 Å². The topological polar surface area (TPSA) is 95.6 Å². The Morgan fingerprint density at radius 3 is 2.41 bits per heavy atom. The monoisotopic (exact) mass is 477 g/mol. The number of hydrogen-bond acceptors (Lipinski definition) is 4. The van der Waals surface area contributed by atoms with Crippen molar-refractivity contribution in [2.45, 2.75) is 56.6 Å². The molecular formula is C23H28ClN3O4S. The van der Waals surface area contributed by atoms with Crippen LogP contribution in [0.5, 0.6) is 0 Å². The van der Waals surface area contributed by atoms with Crippen molar-refractivity contribution in [3.63, 3.8) is 0 Å². The number of amides is 2. The lowest BCUT2D eigenvalue weighted by Gasteiger charge is -2.29. The van der Waals surface area contributed by atoms with E-state index in [9.17, 15) is 18.0 Å². The van der Waals surface area contributed by atoms with Gasteiger partial charge in [0, 0.05) is 29.7 Å². The minimum Gasteiger partial charge on any atom is -0.355 e. The van der Waals surface area contributed by atoms with Gasteiger partial charge in [-0.2, -0.15) is 4.31 Å². The van der Waals surface area contributed by atoms with Crippen LogP contribution in [0.25, 0.3) is 0 Å². The summed E-state index contributed by atoms with van der Waals surface area (Å²) in [6.07, 6.45) is 1.98. The van der Waals surface area contributed by atoms with Gasteiger partial charge in [-0.3, -0.25) is 9.59 Å². The smallest absolute Gasteiger partial charge is 0.251 e. The first kappa shape index (κ1) is 24.2. The summed E-state index contributed by atoms with van der Waals surface area (Å²) in [7, 11) is -3.97. The zero-order valence-corrected chi connectivity index (χ0v) is 19.7. The fraction of sp³-hybridized carbons (Fsp3) is 0.391. The molecule has 2 amide bonds. The lowest BCUT2D eigenvalue weighted by molar-refractivity contribution is -0.124. The molecule has 0 spiro atoms. The molecule has 1 heterocycles. The normalized spacial score (nSPS) is 17.2. The van der Waals surface area contributed by atoms with Crippen LogP contribution in [0.3, 0.4) is 0 Å². The van der Waals surface area contributed by atoms with Gasteiger partial charge in [-0.1, -0.05) is 23.7 Å².